The Kier molecular flexibility index (Phi) is 3.71. The Morgan fingerprint density at radius 1 is 0.739 bits per heavy atom. The van der Waals surface area contributed by atoms with E-state index in [1.807, 2.05) is 0 Å². The van der Waals surface area contributed by atoms with E-state index in [-0.39, 0.29) is 13.2 Å². The zero-order chi connectivity index (χ0) is 15.8. The highest BCUT2D eigenvalue weighted by molar-refractivity contribution is 5.68. The lowest BCUT2D eigenvalue weighted by molar-refractivity contribution is 0.299. The van der Waals surface area contributed by atoms with Gasteiger partial charge in [0.2, 0.25) is 0 Å². The van der Waals surface area contributed by atoms with Crippen LogP contribution >= 0.6 is 0 Å². The molecule has 2 heterocycles. The third kappa shape index (κ3) is 2.58. The van der Waals surface area contributed by atoms with Crippen molar-refractivity contribution in [2.75, 3.05) is 29.7 Å². The SMILES string of the molecule is OCCc1ccc2c(c1)CN1CN2Cc2cc(CCO)ccc21. The van der Waals surface area contributed by atoms with Crippen LogP contribution in [0.25, 0.3) is 0 Å². The van der Waals surface area contributed by atoms with Gasteiger partial charge in [0.15, 0.2) is 0 Å². The molecule has 0 radical (unpaired) electrons. The summed E-state index contributed by atoms with van der Waals surface area (Å²) in [5, 5.41) is 18.3. The Balaban J connectivity index is 1.68. The number of anilines is 2. The summed E-state index contributed by atoms with van der Waals surface area (Å²) in [6, 6.07) is 13.1. The zero-order valence-electron chi connectivity index (χ0n) is 13.2. The summed E-state index contributed by atoms with van der Waals surface area (Å²) >= 11 is 0. The topological polar surface area (TPSA) is 46.9 Å². The predicted octanol–water partition coefficient (Wildman–Crippen LogP) is 2.05. The molecule has 4 nitrogen and oxygen atoms in total. The van der Waals surface area contributed by atoms with Crippen molar-refractivity contribution >= 4 is 11.4 Å². The fourth-order valence-corrected chi connectivity index (χ4v) is 3.76. The molecule has 2 aliphatic heterocycles. The van der Waals surface area contributed by atoms with E-state index in [0.29, 0.717) is 12.8 Å². The van der Waals surface area contributed by atoms with Crippen molar-refractivity contribution in [2.24, 2.45) is 0 Å². The molecule has 2 aliphatic rings. The second kappa shape index (κ2) is 5.87. The highest BCUT2D eigenvalue weighted by atomic mass is 16.3. The number of aliphatic hydroxyl groups excluding tert-OH is 2. The van der Waals surface area contributed by atoms with Crippen molar-refractivity contribution in [3.63, 3.8) is 0 Å². The number of nitrogens with zero attached hydrogens (tertiary/aromatic N) is 2. The van der Waals surface area contributed by atoms with E-state index in [9.17, 15) is 0 Å². The Hall–Kier alpha value is -2.04. The molecular formula is C19H22N2O2. The van der Waals surface area contributed by atoms with Crippen LogP contribution in [-0.4, -0.2) is 30.1 Å². The molecule has 0 unspecified atom stereocenters. The Labute approximate surface area is 136 Å². The maximum absolute atomic E-state index is 9.15. The van der Waals surface area contributed by atoms with Crippen molar-refractivity contribution < 1.29 is 10.2 Å². The van der Waals surface area contributed by atoms with Gasteiger partial charge in [-0.1, -0.05) is 24.3 Å². The summed E-state index contributed by atoms with van der Waals surface area (Å²) in [5.74, 6) is 0. The van der Waals surface area contributed by atoms with E-state index in [2.05, 4.69) is 46.2 Å². The quantitative estimate of drug-likeness (QED) is 0.907. The smallest absolute Gasteiger partial charge is 0.0910 e. The van der Waals surface area contributed by atoms with Gasteiger partial charge in [0.25, 0.3) is 0 Å². The molecule has 0 saturated carbocycles. The Morgan fingerprint density at radius 3 is 1.65 bits per heavy atom. The molecular weight excluding hydrogens is 288 g/mol. The van der Waals surface area contributed by atoms with Crippen molar-refractivity contribution in [1.82, 2.24) is 0 Å². The Morgan fingerprint density at radius 2 is 1.22 bits per heavy atom. The summed E-state index contributed by atoms with van der Waals surface area (Å²) in [6.07, 6.45) is 1.43. The van der Waals surface area contributed by atoms with Gasteiger partial charge in [-0.2, -0.15) is 0 Å². The number of hydrogen-bond acceptors (Lipinski definition) is 4. The fraction of sp³-hybridized carbons (Fsp3) is 0.368. The lowest BCUT2D eigenvalue weighted by Gasteiger charge is -2.45. The lowest BCUT2D eigenvalue weighted by atomic mass is 9.97. The number of rotatable bonds is 4. The van der Waals surface area contributed by atoms with E-state index in [0.717, 1.165) is 19.8 Å². The van der Waals surface area contributed by atoms with Crippen LogP contribution in [0.5, 0.6) is 0 Å². The molecule has 2 N–H and O–H groups in total. The first kappa shape index (κ1) is 14.5. The van der Waals surface area contributed by atoms with Crippen molar-refractivity contribution in [2.45, 2.75) is 25.9 Å². The van der Waals surface area contributed by atoms with Crippen LogP contribution in [0.15, 0.2) is 36.4 Å². The largest absolute Gasteiger partial charge is 0.396 e. The van der Waals surface area contributed by atoms with Crippen LogP contribution < -0.4 is 9.80 Å². The van der Waals surface area contributed by atoms with Gasteiger partial charge in [0, 0.05) is 37.7 Å². The summed E-state index contributed by atoms with van der Waals surface area (Å²) < 4.78 is 0. The van der Waals surface area contributed by atoms with Crippen LogP contribution in [0.2, 0.25) is 0 Å². The second-order valence-corrected chi connectivity index (χ2v) is 6.41. The number of fused-ring (bicyclic) bond motifs is 6. The maximum Gasteiger partial charge on any atom is 0.0910 e. The molecule has 23 heavy (non-hydrogen) atoms. The van der Waals surface area contributed by atoms with Crippen LogP contribution in [0.1, 0.15) is 22.3 Å². The molecule has 120 valence electrons. The third-order valence-electron chi connectivity index (χ3n) is 4.83. The molecule has 0 fully saturated rings. The summed E-state index contributed by atoms with van der Waals surface area (Å²) in [5.41, 5.74) is 7.70. The van der Waals surface area contributed by atoms with Gasteiger partial charge in [-0.05, 0) is 47.2 Å². The molecule has 0 aliphatic carbocycles. The summed E-state index contributed by atoms with van der Waals surface area (Å²) in [6.45, 7) is 3.15. The van der Waals surface area contributed by atoms with E-state index < -0.39 is 0 Å². The van der Waals surface area contributed by atoms with E-state index in [4.69, 9.17) is 10.2 Å². The number of hydrogen-bond donors (Lipinski definition) is 2. The van der Waals surface area contributed by atoms with Gasteiger partial charge < -0.3 is 20.0 Å². The highest BCUT2D eigenvalue weighted by Gasteiger charge is 2.29. The normalized spacial score (nSPS) is 15.4. The van der Waals surface area contributed by atoms with Crippen LogP contribution in [0, 0.1) is 0 Å². The molecule has 2 aromatic carbocycles. The van der Waals surface area contributed by atoms with Crippen LogP contribution in [-0.2, 0) is 25.9 Å². The molecule has 2 bridgehead atoms. The minimum absolute atomic E-state index is 0.197. The van der Waals surface area contributed by atoms with E-state index in [1.165, 1.54) is 33.6 Å². The van der Waals surface area contributed by atoms with Gasteiger partial charge >= 0.3 is 0 Å². The number of aliphatic hydroxyl groups is 2. The second-order valence-electron chi connectivity index (χ2n) is 6.41. The lowest BCUT2D eigenvalue weighted by Crippen LogP contribution is -2.46. The molecule has 0 saturated heterocycles. The van der Waals surface area contributed by atoms with E-state index >= 15 is 0 Å². The maximum atomic E-state index is 9.15. The van der Waals surface area contributed by atoms with Crippen molar-refractivity contribution in [1.29, 1.82) is 0 Å². The molecule has 0 amide bonds. The zero-order valence-corrected chi connectivity index (χ0v) is 13.2. The Bertz CT molecular complexity index is 668. The highest BCUT2D eigenvalue weighted by Crippen LogP contribution is 2.38. The van der Waals surface area contributed by atoms with Gasteiger partial charge in [0.1, 0.15) is 0 Å². The average molecular weight is 310 g/mol. The minimum atomic E-state index is 0.197. The van der Waals surface area contributed by atoms with Gasteiger partial charge in [0.05, 0.1) is 6.67 Å². The predicted molar refractivity (Wildman–Crippen MR) is 91.7 cm³/mol. The first-order valence-electron chi connectivity index (χ1n) is 8.23. The molecule has 0 spiro atoms. The van der Waals surface area contributed by atoms with Crippen LogP contribution in [0.4, 0.5) is 11.4 Å². The molecule has 0 aromatic heterocycles. The van der Waals surface area contributed by atoms with Gasteiger partial charge in [-0.15, -0.1) is 0 Å². The van der Waals surface area contributed by atoms with Crippen molar-refractivity contribution in [3.05, 3.63) is 58.7 Å². The number of benzene rings is 2. The summed E-state index contributed by atoms with van der Waals surface area (Å²) in [4.78, 5) is 4.82. The first-order valence-corrected chi connectivity index (χ1v) is 8.23. The molecule has 4 heteroatoms. The minimum Gasteiger partial charge on any atom is -0.396 e. The summed E-state index contributed by atoms with van der Waals surface area (Å²) in [7, 11) is 0. The monoisotopic (exact) mass is 310 g/mol. The molecule has 2 aromatic rings. The third-order valence-corrected chi connectivity index (χ3v) is 4.83. The van der Waals surface area contributed by atoms with Gasteiger partial charge in [-0.25, -0.2) is 0 Å². The fourth-order valence-electron chi connectivity index (χ4n) is 3.76. The van der Waals surface area contributed by atoms with E-state index in [1.54, 1.807) is 0 Å². The van der Waals surface area contributed by atoms with Gasteiger partial charge in [-0.3, -0.25) is 0 Å². The standard InChI is InChI=1S/C19H22N2O2/c22-7-5-14-1-3-18-16(9-14)11-21-13-20(18)12-17-10-15(6-8-23)2-4-19(17)21/h1-4,9-10,22-23H,5-8,11-13H2. The van der Waals surface area contributed by atoms with Crippen LogP contribution in [0.3, 0.4) is 0 Å². The first-order chi connectivity index (χ1) is 11.3. The van der Waals surface area contributed by atoms with Crippen molar-refractivity contribution in [3.8, 4) is 0 Å². The molecule has 0 atom stereocenters. The molecule has 4 rings (SSSR count). The average Bonchev–Trinajstić information content (AvgIpc) is 2.55.